The van der Waals surface area contributed by atoms with Gasteiger partial charge in [0, 0.05) is 0 Å². The standard InChI is InChI=1S/C14H18O2S3/c1-3-4-10-18-14(17)19-12(13(15)16-2)11-8-6-5-7-9-11/h5-9,12H,3-4,10H2,1-2H3. The molecule has 1 rings (SSSR count). The van der Waals surface area contributed by atoms with E-state index in [9.17, 15) is 4.79 Å². The number of esters is 1. The molecule has 0 heterocycles. The van der Waals surface area contributed by atoms with Gasteiger partial charge >= 0.3 is 5.97 Å². The molecule has 0 saturated heterocycles. The molecule has 1 aromatic carbocycles. The third-order valence-corrected chi connectivity index (χ3v) is 5.36. The molecule has 0 fully saturated rings. The summed E-state index contributed by atoms with van der Waals surface area (Å²) in [7, 11) is 1.41. The highest BCUT2D eigenvalue weighted by Crippen LogP contribution is 2.34. The number of hydrogen-bond donors (Lipinski definition) is 0. The topological polar surface area (TPSA) is 26.3 Å². The molecular weight excluding hydrogens is 296 g/mol. The molecule has 19 heavy (non-hydrogen) atoms. The van der Waals surface area contributed by atoms with Crippen molar-refractivity contribution in [2.45, 2.75) is 25.0 Å². The predicted molar refractivity (Wildman–Crippen MR) is 88.8 cm³/mol. The van der Waals surface area contributed by atoms with E-state index in [0.717, 1.165) is 27.7 Å². The molecule has 0 amide bonds. The van der Waals surface area contributed by atoms with Crippen LogP contribution in [0.3, 0.4) is 0 Å². The van der Waals surface area contributed by atoms with Crippen molar-refractivity contribution in [1.29, 1.82) is 0 Å². The van der Waals surface area contributed by atoms with Gasteiger partial charge < -0.3 is 4.74 Å². The quantitative estimate of drug-likeness (QED) is 0.439. The molecule has 0 aromatic heterocycles. The van der Waals surface area contributed by atoms with Crippen molar-refractivity contribution in [2.75, 3.05) is 12.9 Å². The Morgan fingerprint density at radius 2 is 2.05 bits per heavy atom. The zero-order valence-corrected chi connectivity index (χ0v) is 13.6. The van der Waals surface area contributed by atoms with Gasteiger partial charge in [0.25, 0.3) is 0 Å². The number of benzene rings is 1. The third-order valence-electron chi connectivity index (χ3n) is 2.45. The Hall–Kier alpha value is -0.520. The maximum absolute atomic E-state index is 11.9. The molecule has 5 heteroatoms. The van der Waals surface area contributed by atoms with Crippen LogP contribution in [0.5, 0.6) is 0 Å². The summed E-state index contributed by atoms with van der Waals surface area (Å²) in [4.78, 5) is 11.9. The van der Waals surface area contributed by atoms with Crippen molar-refractivity contribution < 1.29 is 9.53 Å². The minimum absolute atomic E-state index is 0.255. The van der Waals surface area contributed by atoms with Gasteiger partial charge in [-0.05, 0) is 17.7 Å². The Kier molecular flexibility index (Phi) is 8.18. The molecule has 1 unspecified atom stereocenters. The van der Waals surface area contributed by atoms with Gasteiger partial charge in [-0.1, -0.05) is 67.7 Å². The Morgan fingerprint density at radius 1 is 1.37 bits per heavy atom. The summed E-state index contributed by atoms with van der Waals surface area (Å²) in [6.45, 7) is 2.15. The molecule has 1 aromatic rings. The molecule has 104 valence electrons. The summed E-state index contributed by atoms with van der Waals surface area (Å²) in [5.41, 5.74) is 0.929. The van der Waals surface area contributed by atoms with Crippen LogP contribution in [0, 0.1) is 0 Å². The normalized spacial score (nSPS) is 11.9. The van der Waals surface area contributed by atoms with E-state index in [1.807, 2.05) is 30.3 Å². The number of thiocarbonyl (C=S) groups is 1. The molecule has 0 spiro atoms. The Balaban J connectivity index is 2.66. The fourth-order valence-corrected chi connectivity index (χ4v) is 4.04. The number of carbonyl (C=O) groups excluding carboxylic acids is 1. The second kappa shape index (κ2) is 9.39. The fourth-order valence-electron chi connectivity index (χ4n) is 1.42. The van der Waals surface area contributed by atoms with Crippen molar-refractivity contribution in [2.24, 2.45) is 0 Å². The molecule has 0 aliphatic carbocycles. The lowest BCUT2D eigenvalue weighted by Gasteiger charge is -2.14. The number of unbranched alkanes of at least 4 members (excludes halogenated alkanes) is 1. The third kappa shape index (κ3) is 5.97. The highest BCUT2D eigenvalue weighted by Gasteiger charge is 2.23. The van der Waals surface area contributed by atoms with Crippen molar-refractivity contribution in [3.05, 3.63) is 35.9 Å². The van der Waals surface area contributed by atoms with Crippen LogP contribution in [0.15, 0.2) is 30.3 Å². The summed E-state index contributed by atoms with van der Waals surface area (Å²) in [6.07, 6.45) is 2.29. The van der Waals surface area contributed by atoms with Crippen LogP contribution in [0.1, 0.15) is 30.6 Å². The minimum atomic E-state index is -0.368. The monoisotopic (exact) mass is 314 g/mol. The smallest absolute Gasteiger partial charge is 0.323 e. The Labute approximate surface area is 128 Å². The van der Waals surface area contributed by atoms with E-state index in [1.54, 1.807) is 11.8 Å². The van der Waals surface area contributed by atoms with Gasteiger partial charge in [0.05, 0.1) is 7.11 Å². The van der Waals surface area contributed by atoms with Gasteiger partial charge in [-0.3, -0.25) is 4.79 Å². The maximum Gasteiger partial charge on any atom is 0.323 e. The summed E-state index contributed by atoms with van der Waals surface area (Å²) in [5.74, 6) is 0.750. The van der Waals surface area contributed by atoms with Crippen molar-refractivity contribution >= 4 is 45.2 Å². The first-order valence-corrected chi connectivity index (χ1v) is 8.42. The van der Waals surface area contributed by atoms with Gasteiger partial charge in [0.2, 0.25) is 0 Å². The minimum Gasteiger partial charge on any atom is -0.468 e. The molecule has 0 aliphatic heterocycles. The van der Waals surface area contributed by atoms with Gasteiger partial charge in [0.15, 0.2) is 0 Å². The summed E-state index contributed by atoms with van der Waals surface area (Å²) < 4.78 is 5.66. The molecular formula is C14H18O2S3. The van der Waals surface area contributed by atoms with Crippen LogP contribution >= 0.6 is 35.7 Å². The van der Waals surface area contributed by atoms with Gasteiger partial charge in [-0.2, -0.15) is 0 Å². The number of methoxy groups -OCH3 is 1. The van der Waals surface area contributed by atoms with Gasteiger partial charge in [-0.15, -0.1) is 11.8 Å². The number of hydrogen-bond acceptors (Lipinski definition) is 5. The van der Waals surface area contributed by atoms with E-state index >= 15 is 0 Å². The van der Waals surface area contributed by atoms with E-state index < -0.39 is 0 Å². The predicted octanol–water partition coefficient (Wildman–Crippen LogP) is 4.45. The summed E-state index contributed by atoms with van der Waals surface area (Å²) in [6, 6.07) is 9.61. The second-order valence-corrected chi connectivity index (χ2v) is 7.29. The lowest BCUT2D eigenvalue weighted by molar-refractivity contribution is -0.140. The largest absolute Gasteiger partial charge is 0.468 e. The van der Waals surface area contributed by atoms with Crippen LogP contribution in [-0.2, 0) is 9.53 Å². The molecule has 2 nitrogen and oxygen atoms in total. The zero-order chi connectivity index (χ0) is 14.1. The van der Waals surface area contributed by atoms with Crippen LogP contribution in [-0.4, -0.2) is 22.4 Å². The lowest BCUT2D eigenvalue weighted by atomic mass is 10.1. The molecule has 0 bridgehead atoms. The lowest BCUT2D eigenvalue weighted by Crippen LogP contribution is -2.12. The van der Waals surface area contributed by atoms with Crippen LogP contribution in [0.25, 0.3) is 0 Å². The van der Waals surface area contributed by atoms with Gasteiger partial charge in [-0.25, -0.2) is 0 Å². The molecule has 0 N–H and O–H groups in total. The van der Waals surface area contributed by atoms with Crippen LogP contribution in [0.4, 0.5) is 0 Å². The first-order chi connectivity index (χ1) is 9.19. The summed E-state index contributed by atoms with van der Waals surface area (Å²) >= 11 is 8.37. The SMILES string of the molecule is CCCCSC(=S)SC(C(=O)OC)c1ccccc1. The molecule has 0 aliphatic rings. The van der Waals surface area contributed by atoms with Crippen molar-refractivity contribution in [3.63, 3.8) is 0 Å². The fraction of sp³-hybridized carbons (Fsp3) is 0.429. The summed E-state index contributed by atoms with van der Waals surface area (Å²) in [5, 5.41) is -0.368. The van der Waals surface area contributed by atoms with Crippen LogP contribution in [0.2, 0.25) is 0 Å². The number of thioether (sulfide) groups is 2. The van der Waals surface area contributed by atoms with E-state index in [0.29, 0.717) is 0 Å². The number of rotatable bonds is 6. The molecule has 1 atom stereocenters. The first-order valence-electron chi connectivity index (χ1n) is 6.15. The first kappa shape index (κ1) is 16.5. The van der Waals surface area contributed by atoms with Crippen molar-refractivity contribution in [1.82, 2.24) is 0 Å². The molecule has 0 radical (unpaired) electrons. The van der Waals surface area contributed by atoms with E-state index in [2.05, 4.69) is 6.92 Å². The highest BCUT2D eigenvalue weighted by molar-refractivity contribution is 8.47. The molecule has 0 saturated carbocycles. The average molecular weight is 314 g/mol. The number of carbonyl (C=O) groups is 1. The van der Waals surface area contributed by atoms with Crippen LogP contribution < -0.4 is 0 Å². The Morgan fingerprint density at radius 3 is 2.63 bits per heavy atom. The highest BCUT2D eigenvalue weighted by atomic mass is 32.2. The van der Waals surface area contributed by atoms with E-state index in [4.69, 9.17) is 17.0 Å². The van der Waals surface area contributed by atoms with Gasteiger partial charge in [0.1, 0.15) is 8.78 Å². The second-order valence-electron chi connectivity index (χ2n) is 3.88. The van der Waals surface area contributed by atoms with E-state index in [1.165, 1.54) is 18.9 Å². The number of ether oxygens (including phenoxy) is 1. The van der Waals surface area contributed by atoms with E-state index in [-0.39, 0.29) is 11.2 Å². The van der Waals surface area contributed by atoms with Crippen molar-refractivity contribution in [3.8, 4) is 0 Å². The Bertz CT molecular complexity index is 406. The zero-order valence-electron chi connectivity index (χ0n) is 11.1. The average Bonchev–Trinajstić information content (AvgIpc) is 2.45. The maximum atomic E-state index is 11.9.